The molecular formula is C14H17N3O3. The Labute approximate surface area is 117 Å². The fourth-order valence-corrected chi connectivity index (χ4v) is 1.62. The summed E-state index contributed by atoms with van der Waals surface area (Å²) in [7, 11) is 1.75. The molecular weight excluding hydrogens is 258 g/mol. The van der Waals surface area contributed by atoms with E-state index in [1.165, 1.54) is 0 Å². The molecule has 106 valence electrons. The van der Waals surface area contributed by atoms with E-state index in [9.17, 15) is 4.79 Å². The van der Waals surface area contributed by atoms with Crippen LogP contribution in [0, 0.1) is 0 Å². The third kappa shape index (κ3) is 3.74. The van der Waals surface area contributed by atoms with Crippen molar-refractivity contribution in [1.82, 2.24) is 9.78 Å². The maximum Gasteiger partial charge on any atom is 0.263 e. The van der Waals surface area contributed by atoms with Crippen LogP contribution in [0.5, 0.6) is 11.5 Å². The number of aryl methyl sites for hydroxylation is 1. The Kier molecular flexibility index (Phi) is 4.60. The van der Waals surface area contributed by atoms with E-state index < -0.39 is 0 Å². The number of nitrogens with one attached hydrogen (secondary N) is 1. The van der Waals surface area contributed by atoms with Gasteiger partial charge in [-0.2, -0.15) is 5.10 Å². The van der Waals surface area contributed by atoms with E-state index in [1.54, 1.807) is 48.3 Å². The van der Waals surface area contributed by atoms with Crippen LogP contribution < -0.4 is 14.8 Å². The van der Waals surface area contributed by atoms with Crippen LogP contribution in [0.3, 0.4) is 0 Å². The van der Waals surface area contributed by atoms with E-state index in [0.717, 1.165) is 5.75 Å². The Bertz CT molecular complexity index is 563. The molecule has 1 aromatic carbocycles. The van der Waals surface area contributed by atoms with Gasteiger partial charge < -0.3 is 14.8 Å². The molecule has 0 aliphatic carbocycles. The van der Waals surface area contributed by atoms with E-state index in [2.05, 4.69) is 10.4 Å². The maximum absolute atomic E-state index is 11.7. The molecule has 1 aromatic heterocycles. The zero-order valence-corrected chi connectivity index (χ0v) is 11.5. The predicted molar refractivity (Wildman–Crippen MR) is 74.9 cm³/mol. The van der Waals surface area contributed by atoms with Crippen LogP contribution in [-0.4, -0.2) is 28.9 Å². The zero-order valence-electron chi connectivity index (χ0n) is 11.5. The molecule has 1 N–H and O–H groups in total. The minimum absolute atomic E-state index is 0.0564. The smallest absolute Gasteiger partial charge is 0.263 e. The second-order valence-corrected chi connectivity index (χ2v) is 4.08. The van der Waals surface area contributed by atoms with Crippen LogP contribution in [0.1, 0.15) is 6.92 Å². The third-order valence-electron chi connectivity index (χ3n) is 2.59. The van der Waals surface area contributed by atoms with Gasteiger partial charge in [0.1, 0.15) is 17.3 Å². The number of benzene rings is 1. The Morgan fingerprint density at radius 1 is 1.20 bits per heavy atom. The summed E-state index contributed by atoms with van der Waals surface area (Å²) in [6.45, 7) is 2.49. The second kappa shape index (κ2) is 6.60. The molecule has 2 aromatic rings. The lowest BCUT2D eigenvalue weighted by molar-refractivity contribution is -0.118. The SMILES string of the molecule is CCOc1ccc(OCC(=O)Nc2ccnn2C)cc1. The highest BCUT2D eigenvalue weighted by Crippen LogP contribution is 2.17. The average molecular weight is 275 g/mol. The number of carbonyl (C=O) groups is 1. The number of aromatic nitrogens is 2. The van der Waals surface area contributed by atoms with Crippen LogP contribution >= 0.6 is 0 Å². The molecule has 0 aliphatic rings. The minimum atomic E-state index is -0.234. The largest absolute Gasteiger partial charge is 0.494 e. The van der Waals surface area contributed by atoms with Crippen molar-refractivity contribution >= 4 is 11.7 Å². The summed E-state index contributed by atoms with van der Waals surface area (Å²) in [5.41, 5.74) is 0. The highest BCUT2D eigenvalue weighted by molar-refractivity contribution is 5.91. The van der Waals surface area contributed by atoms with Crippen LogP contribution in [0.15, 0.2) is 36.5 Å². The highest BCUT2D eigenvalue weighted by Gasteiger charge is 2.06. The van der Waals surface area contributed by atoms with Crippen molar-refractivity contribution in [3.63, 3.8) is 0 Å². The topological polar surface area (TPSA) is 65.4 Å². The van der Waals surface area contributed by atoms with E-state index in [1.807, 2.05) is 6.92 Å². The van der Waals surface area contributed by atoms with Crippen molar-refractivity contribution in [2.45, 2.75) is 6.92 Å². The van der Waals surface area contributed by atoms with Crippen LogP contribution in [0.4, 0.5) is 5.82 Å². The van der Waals surface area contributed by atoms with Crippen molar-refractivity contribution < 1.29 is 14.3 Å². The van der Waals surface area contributed by atoms with Gasteiger partial charge in [-0.3, -0.25) is 9.48 Å². The number of hydrogen-bond donors (Lipinski definition) is 1. The normalized spacial score (nSPS) is 10.1. The summed E-state index contributed by atoms with van der Waals surface area (Å²) in [5.74, 6) is 1.79. The van der Waals surface area contributed by atoms with Gasteiger partial charge in [0.25, 0.3) is 5.91 Å². The number of carbonyl (C=O) groups excluding carboxylic acids is 1. The molecule has 6 nitrogen and oxygen atoms in total. The lowest BCUT2D eigenvalue weighted by Crippen LogP contribution is -2.21. The van der Waals surface area contributed by atoms with Crippen molar-refractivity contribution in [2.24, 2.45) is 7.05 Å². The van der Waals surface area contributed by atoms with E-state index >= 15 is 0 Å². The fraction of sp³-hybridized carbons (Fsp3) is 0.286. The summed E-state index contributed by atoms with van der Waals surface area (Å²) in [4.78, 5) is 11.7. The molecule has 0 aliphatic heterocycles. The van der Waals surface area contributed by atoms with Crippen molar-refractivity contribution in [2.75, 3.05) is 18.5 Å². The van der Waals surface area contributed by atoms with Gasteiger partial charge in [-0.1, -0.05) is 0 Å². The van der Waals surface area contributed by atoms with Crippen molar-refractivity contribution in [1.29, 1.82) is 0 Å². The van der Waals surface area contributed by atoms with E-state index in [-0.39, 0.29) is 12.5 Å². The van der Waals surface area contributed by atoms with E-state index in [4.69, 9.17) is 9.47 Å². The number of hydrogen-bond acceptors (Lipinski definition) is 4. The monoisotopic (exact) mass is 275 g/mol. The Morgan fingerprint density at radius 2 is 1.85 bits per heavy atom. The summed E-state index contributed by atoms with van der Waals surface area (Å²) in [6.07, 6.45) is 1.61. The molecule has 1 heterocycles. The highest BCUT2D eigenvalue weighted by atomic mass is 16.5. The molecule has 0 saturated carbocycles. The summed E-state index contributed by atoms with van der Waals surface area (Å²) < 4.78 is 12.3. The van der Waals surface area contributed by atoms with Crippen molar-refractivity contribution in [3.8, 4) is 11.5 Å². The first-order valence-corrected chi connectivity index (χ1v) is 6.32. The molecule has 0 saturated heterocycles. The maximum atomic E-state index is 11.7. The van der Waals surface area contributed by atoms with Gasteiger partial charge in [0.05, 0.1) is 12.8 Å². The molecule has 20 heavy (non-hydrogen) atoms. The molecule has 1 amide bonds. The average Bonchev–Trinajstić information content (AvgIpc) is 2.84. The lowest BCUT2D eigenvalue weighted by Gasteiger charge is -2.08. The molecule has 0 bridgehead atoms. The Morgan fingerprint density at radius 3 is 2.40 bits per heavy atom. The van der Waals surface area contributed by atoms with Gasteiger partial charge in [0.2, 0.25) is 0 Å². The van der Waals surface area contributed by atoms with Gasteiger partial charge in [-0.05, 0) is 31.2 Å². The number of rotatable bonds is 6. The molecule has 0 spiro atoms. The number of amides is 1. The summed E-state index contributed by atoms with van der Waals surface area (Å²) in [5, 5.41) is 6.67. The van der Waals surface area contributed by atoms with Crippen molar-refractivity contribution in [3.05, 3.63) is 36.5 Å². The standard InChI is InChI=1S/C14H17N3O3/c1-3-19-11-4-6-12(7-5-11)20-10-14(18)16-13-8-9-15-17(13)2/h4-9H,3,10H2,1-2H3,(H,16,18). The van der Waals surface area contributed by atoms with Crippen LogP contribution in [0.2, 0.25) is 0 Å². The van der Waals surface area contributed by atoms with Gasteiger partial charge in [-0.25, -0.2) is 0 Å². The zero-order chi connectivity index (χ0) is 14.4. The lowest BCUT2D eigenvalue weighted by atomic mass is 10.3. The predicted octanol–water partition coefficient (Wildman–Crippen LogP) is 1.84. The minimum Gasteiger partial charge on any atom is -0.494 e. The number of ether oxygens (including phenoxy) is 2. The van der Waals surface area contributed by atoms with Crippen LogP contribution in [-0.2, 0) is 11.8 Å². The quantitative estimate of drug-likeness (QED) is 0.873. The second-order valence-electron chi connectivity index (χ2n) is 4.08. The molecule has 6 heteroatoms. The fourth-order valence-electron chi connectivity index (χ4n) is 1.62. The molecule has 0 atom stereocenters. The summed E-state index contributed by atoms with van der Waals surface area (Å²) >= 11 is 0. The molecule has 0 unspecified atom stereocenters. The van der Waals surface area contributed by atoms with E-state index in [0.29, 0.717) is 18.2 Å². The molecule has 0 radical (unpaired) electrons. The Hall–Kier alpha value is -2.50. The summed E-state index contributed by atoms with van der Waals surface area (Å²) in [6, 6.07) is 8.86. The van der Waals surface area contributed by atoms with Gasteiger partial charge in [0.15, 0.2) is 6.61 Å². The van der Waals surface area contributed by atoms with Gasteiger partial charge >= 0.3 is 0 Å². The first-order valence-electron chi connectivity index (χ1n) is 6.32. The van der Waals surface area contributed by atoms with Crippen LogP contribution in [0.25, 0.3) is 0 Å². The molecule has 0 fully saturated rings. The number of anilines is 1. The first-order chi connectivity index (χ1) is 9.69. The first kappa shape index (κ1) is 13.9. The third-order valence-corrected chi connectivity index (χ3v) is 2.59. The van der Waals surface area contributed by atoms with Gasteiger partial charge in [0, 0.05) is 13.1 Å². The number of nitrogens with zero attached hydrogens (tertiary/aromatic N) is 2. The Balaban J connectivity index is 1.82. The van der Waals surface area contributed by atoms with Gasteiger partial charge in [-0.15, -0.1) is 0 Å². The molecule has 2 rings (SSSR count).